The van der Waals surface area contributed by atoms with Gasteiger partial charge >= 0.3 is 0 Å². The van der Waals surface area contributed by atoms with Crippen molar-refractivity contribution in [3.05, 3.63) is 16.1 Å². The highest BCUT2D eigenvalue weighted by molar-refractivity contribution is 7.09. The maximum atomic E-state index is 6.14. The summed E-state index contributed by atoms with van der Waals surface area (Å²) in [4.78, 5) is 4.62. The van der Waals surface area contributed by atoms with E-state index < -0.39 is 0 Å². The fraction of sp³-hybridized carbons (Fsp3) is 0.727. The standard InChI is InChI=1S/C11H20N2S/c1-5-8(3)9-7-14-10(13-9)11(4,12)6-2/h7-8H,5-6,12H2,1-4H3. The van der Waals surface area contributed by atoms with Crippen molar-refractivity contribution in [2.75, 3.05) is 0 Å². The van der Waals surface area contributed by atoms with Crippen molar-refractivity contribution >= 4 is 11.3 Å². The highest BCUT2D eigenvalue weighted by atomic mass is 32.1. The van der Waals surface area contributed by atoms with Gasteiger partial charge in [0.2, 0.25) is 0 Å². The summed E-state index contributed by atoms with van der Waals surface area (Å²) in [7, 11) is 0. The van der Waals surface area contributed by atoms with Gasteiger partial charge in [0.1, 0.15) is 5.01 Å². The molecule has 2 unspecified atom stereocenters. The van der Waals surface area contributed by atoms with E-state index in [1.54, 1.807) is 11.3 Å². The predicted octanol–water partition coefficient (Wildman–Crippen LogP) is 3.24. The van der Waals surface area contributed by atoms with Crippen molar-refractivity contribution in [1.82, 2.24) is 4.98 Å². The largest absolute Gasteiger partial charge is 0.320 e. The Labute approximate surface area is 90.6 Å². The van der Waals surface area contributed by atoms with Gasteiger partial charge in [0.05, 0.1) is 11.2 Å². The first kappa shape index (κ1) is 11.7. The molecule has 0 aromatic carbocycles. The average Bonchev–Trinajstić information content (AvgIpc) is 2.66. The third-order valence-electron chi connectivity index (χ3n) is 2.86. The van der Waals surface area contributed by atoms with E-state index in [1.165, 1.54) is 5.69 Å². The first-order valence-electron chi connectivity index (χ1n) is 5.26. The van der Waals surface area contributed by atoms with E-state index in [-0.39, 0.29) is 5.54 Å². The Morgan fingerprint density at radius 1 is 1.57 bits per heavy atom. The van der Waals surface area contributed by atoms with Gasteiger partial charge in [0, 0.05) is 5.38 Å². The number of hydrogen-bond donors (Lipinski definition) is 1. The van der Waals surface area contributed by atoms with Gasteiger partial charge in [0.25, 0.3) is 0 Å². The molecule has 0 radical (unpaired) electrons. The molecule has 80 valence electrons. The summed E-state index contributed by atoms with van der Waals surface area (Å²) in [6.45, 7) is 8.54. The molecule has 3 heteroatoms. The van der Waals surface area contributed by atoms with Crippen molar-refractivity contribution in [3.8, 4) is 0 Å². The summed E-state index contributed by atoms with van der Waals surface area (Å²) < 4.78 is 0. The molecule has 0 aliphatic carbocycles. The van der Waals surface area contributed by atoms with Gasteiger partial charge in [-0.2, -0.15) is 0 Å². The van der Waals surface area contributed by atoms with Gasteiger partial charge in [-0.1, -0.05) is 20.8 Å². The van der Waals surface area contributed by atoms with Crippen LogP contribution in [-0.2, 0) is 5.54 Å². The van der Waals surface area contributed by atoms with E-state index in [9.17, 15) is 0 Å². The van der Waals surface area contributed by atoms with Crippen LogP contribution >= 0.6 is 11.3 Å². The summed E-state index contributed by atoms with van der Waals surface area (Å²) in [6.07, 6.45) is 2.07. The van der Waals surface area contributed by atoms with Gasteiger partial charge in [-0.25, -0.2) is 4.98 Å². The lowest BCUT2D eigenvalue weighted by Crippen LogP contribution is -2.31. The van der Waals surface area contributed by atoms with Crippen LogP contribution < -0.4 is 5.73 Å². The van der Waals surface area contributed by atoms with Gasteiger partial charge < -0.3 is 5.73 Å². The van der Waals surface area contributed by atoms with Crippen LogP contribution in [0.25, 0.3) is 0 Å². The second-order valence-corrected chi connectivity index (χ2v) is 5.02. The SMILES string of the molecule is CCC(C)c1csc(C(C)(N)CC)n1. The first-order valence-corrected chi connectivity index (χ1v) is 6.14. The van der Waals surface area contributed by atoms with Crippen LogP contribution in [0, 0.1) is 0 Å². The van der Waals surface area contributed by atoms with Crippen LogP contribution in [-0.4, -0.2) is 4.98 Å². The number of aromatic nitrogens is 1. The number of nitrogens with zero attached hydrogens (tertiary/aromatic N) is 1. The molecular weight excluding hydrogens is 192 g/mol. The zero-order chi connectivity index (χ0) is 10.8. The molecule has 0 amide bonds. The zero-order valence-electron chi connectivity index (χ0n) is 9.50. The molecule has 0 saturated carbocycles. The zero-order valence-corrected chi connectivity index (χ0v) is 10.3. The van der Waals surface area contributed by atoms with Crippen LogP contribution in [0.1, 0.15) is 57.2 Å². The fourth-order valence-electron chi connectivity index (χ4n) is 1.14. The average molecular weight is 212 g/mol. The van der Waals surface area contributed by atoms with Crippen molar-refractivity contribution in [1.29, 1.82) is 0 Å². The predicted molar refractivity (Wildman–Crippen MR) is 62.7 cm³/mol. The molecule has 1 heterocycles. The lowest BCUT2D eigenvalue weighted by Gasteiger charge is -2.19. The molecule has 2 N–H and O–H groups in total. The maximum absolute atomic E-state index is 6.14. The second-order valence-electron chi connectivity index (χ2n) is 4.16. The molecule has 0 spiro atoms. The summed E-state index contributed by atoms with van der Waals surface area (Å²) in [6, 6.07) is 0. The van der Waals surface area contributed by atoms with Crippen LogP contribution in [0.15, 0.2) is 5.38 Å². The van der Waals surface area contributed by atoms with Gasteiger partial charge in [0.15, 0.2) is 0 Å². The molecule has 0 saturated heterocycles. The number of nitrogens with two attached hydrogens (primary N) is 1. The topological polar surface area (TPSA) is 38.9 Å². The highest BCUT2D eigenvalue weighted by Crippen LogP contribution is 2.28. The van der Waals surface area contributed by atoms with Gasteiger partial charge in [-0.15, -0.1) is 11.3 Å². The van der Waals surface area contributed by atoms with E-state index in [0.717, 1.165) is 17.8 Å². The minimum absolute atomic E-state index is 0.254. The highest BCUT2D eigenvalue weighted by Gasteiger charge is 2.23. The molecule has 1 aromatic heterocycles. The molecule has 0 aliphatic rings. The molecule has 0 aliphatic heterocycles. The fourth-order valence-corrected chi connectivity index (χ4v) is 2.22. The van der Waals surface area contributed by atoms with Crippen LogP contribution in [0.4, 0.5) is 0 Å². The Morgan fingerprint density at radius 2 is 2.21 bits per heavy atom. The summed E-state index contributed by atoms with van der Waals surface area (Å²) in [5.41, 5.74) is 7.08. The minimum atomic E-state index is -0.254. The van der Waals surface area contributed by atoms with E-state index >= 15 is 0 Å². The number of thiazole rings is 1. The van der Waals surface area contributed by atoms with Crippen LogP contribution in [0.5, 0.6) is 0 Å². The van der Waals surface area contributed by atoms with E-state index in [1.807, 2.05) is 6.92 Å². The smallest absolute Gasteiger partial charge is 0.112 e. The lowest BCUT2D eigenvalue weighted by molar-refractivity contribution is 0.471. The maximum Gasteiger partial charge on any atom is 0.112 e. The normalized spacial score (nSPS) is 17.8. The first-order chi connectivity index (χ1) is 6.51. The van der Waals surface area contributed by atoms with Crippen molar-refractivity contribution in [2.45, 2.75) is 52.0 Å². The number of rotatable bonds is 4. The molecule has 1 aromatic rings. The minimum Gasteiger partial charge on any atom is -0.320 e. The molecule has 14 heavy (non-hydrogen) atoms. The van der Waals surface area contributed by atoms with Crippen molar-refractivity contribution in [2.24, 2.45) is 5.73 Å². The number of hydrogen-bond acceptors (Lipinski definition) is 3. The molecule has 0 bridgehead atoms. The van der Waals surface area contributed by atoms with Crippen LogP contribution in [0.2, 0.25) is 0 Å². The lowest BCUT2D eigenvalue weighted by atomic mass is 10.0. The van der Waals surface area contributed by atoms with E-state index in [2.05, 4.69) is 31.1 Å². The Morgan fingerprint density at radius 3 is 2.71 bits per heavy atom. The van der Waals surface area contributed by atoms with E-state index in [4.69, 9.17) is 5.73 Å². The Bertz CT molecular complexity index is 291. The summed E-state index contributed by atoms with van der Waals surface area (Å²) in [5.74, 6) is 0.549. The Balaban J connectivity index is 2.88. The Kier molecular flexibility index (Phi) is 3.67. The second kappa shape index (κ2) is 4.41. The van der Waals surface area contributed by atoms with Crippen molar-refractivity contribution < 1.29 is 0 Å². The molecule has 0 fully saturated rings. The third-order valence-corrected chi connectivity index (χ3v) is 4.00. The molecule has 1 rings (SSSR count). The van der Waals surface area contributed by atoms with Gasteiger partial charge in [-0.3, -0.25) is 0 Å². The molecule has 2 nitrogen and oxygen atoms in total. The van der Waals surface area contributed by atoms with Gasteiger partial charge in [-0.05, 0) is 25.7 Å². The Hall–Kier alpha value is -0.410. The van der Waals surface area contributed by atoms with Crippen LogP contribution in [0.3, 0.4) is 0 Å². The monoisotopic (exact) mass is 212 g/mol. The molecular formula is C11H20N2S. The van der Waals surface area contributed by atoms with E-state index in [0.29, 0.717) is 5.92 Å². The quantitative estimate of drug-likeness (QED) is 0.832. The summed E-state index contributed by atoms with van der Waals surface area (Å²) in [5, 5.41) is 3.21. The molecule has 2 atom stereocenters. The summed E-state index contributed by atoms with van der Waals surface area (Å²) >= 11 is 1.69. The van der Waals surface area contributed by atoms with Crippen molar-refractivity contribution in [3.63, 3.8) is 0 Å². The third kappa shape index (κ3) is 2.34.